The molecule has 1 rings (SSSR count). The number of hydrogen-bond donors (Lipinski definition) is 3. The van der Waals surface area contributed by atoms with Crippen LogP contribution >= 0.6 is 12.2 Å². The second kappa shape index (κ2) is 6.96. The highest BCUT2D eigenvalue weighted by Gasteiger charge is 1.99. The van der Waals surface area contributed by atoms with E-state index in [1.54, 1.807) is 0 Å². The summed E-state index contributed by atoms with van der Waals surface area (Å²) in [6.45, 7) is 7.00. The molecule has 0 radical (unpaired) electrons. The van der Waals surface area contributed by atoms with Crippen LogP contribution in [-0.2, 0) is 0 Å². The summed E-state index contributed by atoms with van der Waals surface area (Å²) in [6.07, 6.45) is 0. The highest BCUT2D eigenvalue weighted by atomic mass is 32.1. The average molecular weight is 264 g/mol. The molecule has 0 atom stereocenters. The molecule has 0 unspecified atom stereocenters. The number of thiocarbonyl (C=S) groups is 1. The van der Waals surface area contributed by atoms with Crippen LogP contribution in [0.4, 0.5) is 5.69 Å². The van der Waals surface area contributed by atoms with Gasteiger partial charge in [-0.15, -0.1) is 0 Å². The quantitative estimate of drug-likeness (QED) is 0.337. The number of hydrogen-bond acceptors (Lipinski definition) is 3. The standard InChI is InChI=1S/C13H20N4S/c1-9(2)8-15-13(18)17-16-10(3)11-4-6-12(14)7-5-11/h4-7,9H,8,14H2,1-3H3,(H2,15,17,18). The van der Waals surface area contributed by atoms with Gasteiger partial charge in [-0.1, -0.05) is 26.0 Å². The molecule has 0 fully saturated rings. The maximum atomic E-state index is 5.63. The van der Waals surface area contributed by atoms with Crippen molar-refractivity contribution < 1.29 is 0 Å². The third-order valence-electron chi connectivity index (χ3n) is 2.32. The lowest BCUT2D eigenvalue weighted by Gasteiger charge is -2.09. The van der Waals surface area contributed by atoms with Crippen molar-refractivity contribution in [3.63, 3.8) is 0 Å². The van der Waals surface area contributed by atoms with E-state index in [-0.39, 0.29) is 0 Å². The lowest BCUT2D eigenvalue weighted by atomic mass is 10.1. The molecule has 98 valence electrons. The molecule has 0 aliphatic heterocycles. The van der Waals surface area contributed by atoms with E-state index >= 15 is 0 Å². The molecule has 1 aromatic rings. The number of hydrazone groups is 1. The van der Waals surface area contributed by atoms with E-state index in [2.05, 4.69) is 29.7 Å². The first kappa shape index (κ1) is 14.4. The van der Waals surface area contributed by atoms with Gasteiger partial charge in [0.1, 0.15) is 0 Å². The van der Waals surface area contributed by atoms with Gasteiger partial charge < -0.3 is 11.1 Å². The lowest BCUT2D eigenvalue weighted by Crippen LogP contribution is -2.34. The molecule has 0 saturated carbocycles. The fourth-order valence-corrected chi connectivity index (χ4v) is 1.39. The molecule has 4 nitrogen and oxygen atoms in total. The van der Waals surface area contributed by atoms with Gasteiger partial charge in [-0.2, -0.15) is 5.10 Å². The van der Waals surface area contributed by atoms with E-state index < -0.39 is 0 Å². The molecule has 5 heteroatoms. The fourth-order valence-electron chi connectivity index (χ4n) is 1.26. The molecule has 18 heavy (non-hydrogen) atoms. The van der Waals surface area contributed by atoms with Crippen LogP contribution in [0.5, 0.6) is 0 Å². The van der Waals surface area contributed by atoms with Crippen LogP contribution in [0, 0.1) is 5.92 Å². The summed E-state index contributed by atoms with van der Waals surface area (Å²) in [4.78, 5) is 0. The SMILES string of the molecule is CC(=NNC(=S)NCC(C)C)c1ccc(N)cc1. The largest absolute Gasteiger partial charge is 0.399 e. The van der Waals surface area contributed by atoms with E-state index in [1.165, 1.54) is 0 Å². The van der Waals surface area contributed by atoms with E-state index in [1.807, 2.05) is 31.2 Å². The minimum Gasteiger partial charge on any atom is -0.399 e. The van der Waals surface area contributed by atoms with Crippen molar-refractivity contribution in [3.05, 3.63) is 29.8 Å². The van der Waals surface area contributed by atoms with Crippen molar-refractivity contribution in [1.82, 2.24) is 10.7 Å². The third kappa shape index (κ3) is 5.14. The summed E-state index contributed by atoms with van der Waals surface area (Å²) in [5, 5.41) is 7.86. The predicted octanol–water partition coefficient (Wildman–Crippen LogP) is 2.11. The van der Waals surface area contributed by atoms with Gasteiger partial charge >= 0.3 is 0 Å². The second-order valence-corrected chi connectivity index (χ2v) is 4.94. The Balaban J connectivity index is 2.51. The number of nitrogen functional groups attached to an aromatic ring is 1. The van der Waals surface area contributed by atoms with Gasteiger partial charge in [0.05, 0.1) is 5.71 Å². The molecule has 0 bridgehead atoms. The Morgan fingerprint density at radius 3 is 2.50 bits per heavy atom. The Labute approximate surface area is 114 Å². The summed E-state index contributed by atoms with van der Waals surface area (Å²) in [5.41, 5.74) is 11.1. The Morgan fingerprint density at radius 2 is 1.94 bits per heavy atom. The second-order valence-electron chi connectivity index (χ2n) is 4.53. The molecule has 0 amide bonds. The molecule has 1 aromatic carbocycles. The van der Waals surface area contributed by atoms with Gasteiger partial charge in [-0.05, 0) is 42.8 Å². The Kier molecular flexibility index (Phi) is 5.58. The van der Waals surface area contributed by atoms with Crippen LogP contribution in [-0.4, -0.2) is 17.4 Å². The minimum absolute atomic E-state index is 0.540. The van der Waals surface area contributed by atoms with E-state index in [0.717, 1.165) is 23.5 Å². The number of benzene rings is 1. The summed E-state index contributed by atoms with van der Waals surface area (Å²) in [7, 11) is 0. The first-order valence-corrected chi connectivity index (χ1v) is 6.34. The van der Waals surface area contributed by atoms with Crippen molar-refractivity contribution in [2.75, 3.05) is 12.3 Å². The van der Waals surface area contributed by atoms with Crippen LogP contribution in [0.15, 0.2) is 29.4 Å². The van der Waals surface area contributed by atoms with Crippen LogP contribution in [0.25, 0.3) is 0 Å². The first-order valence-electron chi connectivity index (χ1n) is 5.93. The molecular weight excluding hydrogens is 244 g/mol. The molecule has 0 saturated heterocycles. The molecule has 0 heterocycles. The monoisotopic (exact) mass is 264 g/mol. The van der Waals surface area contributed by atoms with Crippen molar-refractivity contribution in [1.29, 1.82) is 0 Å². The normalized spacial score (nSPS) is 11.4. The van der Waals surface area contributed by atoms with Crippen LogP contribution in [0.1, 0.15) is 26.3 Å². The average Bonchev–Trinajstić information content (AvgIpc) is 2.34. The van der Waals surface area contributed by atoms with Crippen molar-refractivity contribution in [3.8, 4) is 0 Å². The maximum absolute atomic E-state index is 5.63. The van der Waals surface area contributed by atoms with Crippen molar-refractivity contribution in [2.24, 2.45) is 11.0 Å². The minimum atomic E-state index is 0.540. The Hall–Kier alpha value is -1.62. The highest BCUT2D eigenvalue weighted by molar-refractivity contribution is 7.80. The van der Waals surface area contributed by atoms with E-state index in [4.69, 9.17) is 18.0 Å². The predicted molar refractivity (Wildman–Crippen MR) is 81.6 cm³/mol. The summed E-state index contributed by atoms with van der Waals surface area (Å²) >= 11 is 5.11. The smallest absolute Gasteiger partial charge is 0.186 e. The topological polar surface area (TPSA) is 62.4 Å². The van der Waals surface area contributed by atoms with Gasteiger partial charge in [0, 0.05) is 12.2 Å². The van der Waals surface area contributed by atoms with Crippen LogP contribution in [0.2, 0.25) is 0 Å². The van der Waals surface area contributed by atoms with Crippen molar-refractivity contribution in [2.45, 2.75) is 20.8 Å². The Morgan fingerprint density at radius 1 is 1.33 bits per heavy atom. The summed E-state index contributed by atoms with van der Waals surface area (Å²) in [6, 6.07) is 7.56. The molecule has 0 aromatic heterocycles. The third-order valence-corrected chi connectivity index (χ3v) is 2.56. The number of anilines is 1. The molecular formula is C13H20N4S. The molecule has 0 spiro atoms. The zero-order valence-corrected chi connectivity index (χ0v) is 11.8. The number of rotatable bonds is 4. The number of nitrogens with two attached hydrogens (primary N) is 1. The first-order chi connectivity index (χ1) is 8.49. The zero-order chi connectivity index (χ0) is 13.5. The Bertz CT molecular complexity index is 423. The highest BCUT2D eigenvalue weighted by Crippen LogP contribution is 2.06. The van der Waals surface area contributed by atoms with E-state index in [9.17, 15) is 0 Å². The maximum Gasteiger partial charge on any atom is 0.186 e. The number of nitrogens with zero attached hydrogens (tertiary/aromatic N) is 1. The van der Waals surface area contributed by atoms with Crippen LogP contribution < -0.4 is 16.5 Å². The van der Waals surface area contributed by atoms with Crippen LogP contribution in [0.3, 0.4) is 0 Å². The van der Waals surface area contributed by atoms with Crippen molar-refractivity contribution >= 4 is 28.7 Å². The molecule has 4 N–H and O–H groups in total. The van der Waals surface area contributed by atoms with Gasteiger partial charge in [0.25, 0.3) is 0 Å². The molecule has 0 aliphatic rings. The van der Waals surface area contributed by atoms with Gasteiger partial charge in [-0.25, -0.2) is 0 Å². The van der Waals surface area contributed by atoms with Gasteiger partial charge in [-0.3, -0.25) is 5.43 Å². The molecule has 0 aliphatic carbocycles. The lowest BCUT2D eigenvalue weighted by molar-refractivity contribution is 0.621. The zero-order valence-electron chi connectivity index (χ0n) is 11.0. The van der Waals surface area contributed by atoms with Gasteiger partial charge in [0.15, 0.2) is 5.11 Å². The van der Waals surface area contributed by atoms with Gasteiger partial charge in [0.2, 0.25) is 0 Å². The fraction of sp³-hybridized carbons (Fsp3) is 0.385. The summed E-state index contributed by atoms with van der Waals surface area (Å²) in [5.74, 6) is 0.548. The summed E-state index contributed by atoms with van der Waals surface area (Å²) < 4.78 is 0. The van der Waals surface area contributed by atoms with E-state index in [0.29, 0.717) is 11.0 Å². The number of nitrogens with one attached hydrogen (secondary N) is 2.